The first kappa shape index (κ1) is 33.2. The monoisotopic (exact) mass is 569 g/mol. The Balaban J connectivity index is 2.27. The quantitative estimate of drug-likeness (QED) is 0.157. The normalized spacial score (nSPS) is 14.5. The van der Waals surface area contributed by atoms with Crippen molar-refractivity contribution in [2.45, 2.75) is 97.8 Å². The summed E-state index contributed by atoms with van der Waals surface area (Å²) < 4.78 is 6.77. The molecule has 40 heavy (non-hydrogen) atoms. The van der Waals surface area contributed by atoms with Gasteiger partial charge in [-0.25, -0.2) is 4.98 Å². The highest BCUT2D eigenvalue weighted by Crippen LogP contribution is 2.27. The summed E-state index contributed by atoms with van der Waals surface area (Å²) >= 11 is 1.41. The third kappa shape index (κ3) is 9.58. The number of carbonyl (C=O) groups excluding carboxylic acids is 1. The SMILES string of the molecule is CC/C=C(\CC/C=C\CSC(C)(C)C(=O)O)c1nc(C(=O)NC2=CC=C(OC)CC=C2C)c(C)n1CCCCC. The fourth-order valence-electron chi connectivity index (χ4n) is 4.29. The van der Waals surface area contributed by atoms with Crippen LogP contribution in [0, 0.1) is 6.92 Å². The van der Waals surface area contributed by atoms with E-state index in [0.29, 0.717) is 17.9 Å². The van der Waals surface area contributed by atoms with Gasteiger partial charge in [0.1, 0.15) is 16.3 Å². The van der Waals surface area contributed by atoms with Gasteiger partial charge < -0.3 is 19.7 Å². The summed E-state index contributed by atoms with van der Waals surface area (Å²) in [7, 11) is 1.65. The predicted octanol–water partition coefficient (Wildman–Crippen LogP) is 7.60. The third-order valence-corrected chi connectivity index (χ3v) is 8.20. The Kier molecular flexibility index (Phi) is 13.5. The van der Waals surface area contributed by atoms with Crippen molar-refractivity contribution >= 4 is 29.2 Å². The summed E-state index contributed by atoms with van der Waals surface area (Å²) in [5.74, 6) is 1.33. The van der Waals surface area contributed by atoms with Gasteiger partial charge in [-0.2, -0.15) is 0 Å². The number of nitrogens with zero attached hydrogens (tertiary/aromatic N) is 2. The predicted molar refractivity (Wildman–Crippen MR) is 166 cm³/mol. The first-order valence-corrected chi connectivity index (χ1v) is 15.3. The van der Waals surface area contributed by atoms with E-state index < -0.39 is 10.7 Å². The molecule has 8 heteroatoms. The average Bonchev–Trinajstić information content (AvgIpc) is 3.13. The van der Waals surface area contributed by atoms with Gasteiger partial charge in [0.05, 0.1) is 12.9 Å². The number of nitrogens with one attached hydrogen (secondary N) is 1. The molecule has 1 amide bonds. The van der Waals surface area contributed by atoms with Gasteiger partial charge in [-0.1, -0.05) is 51.0 Å². The van der Waals surface area contributed by atoms with Crippen LogP contribution in [0.5, 0.6) is 0 Å². The van der Waals surface area contributed by atoms with Crippen molar-refractivity contribution in [1.29, 1.82) is 0 Å². The lowest BCUT2D eigenvalue weighted by molar-refractivity contribution is -0.138. The van der Waals surface area contributed by atoms with Crippen molar-refractivity contribution in [3.05, 3.63) is 70.7 Å². The highest BCUT2D eigenvalue weighted by molar-refractivity contribution is 8.01. The largest absolute Gasteiger partial charge is 0.501 e. The van der Waals surface area contributed by atoms with Crippen LogP contribution in [-0.4, -0.2) is 44.1 Å². The Hall–Kier alpha value is -3.00. The minimum absolute atomic E-state index is 0.213. The summed E-state index contributed by atoms with van der Waals surface area (Å²) in [5.41, 5.74) is 4.18. The van der Waals surface area contributed by atoms with Crippen LogP contribution in [0.25, 0.3) is 5.57 Å². The molecule has 1 aliphatic carbocycles. The number of allylic oxidation sites excluding steroid dienone is 7. The van der Waals surface area contributed by atoms with Crippen LogP contribution in [-0.2, 0) is 16.1 Å². The van der Waals surface area contributed by atoms with E-state index in [-0.39, 0.29) is 5.91 Å². The van der Waals surface area contributed by atoms with E-state index in [1.165, 1.54) is 11.8 Å². The van der Waals surface area contributed by atoms with Crippen LogP contribution >= 0.6 is 11.8 Å². The number of carbonyl (C=O) groups is 2. The lowest BCUT2D eigenvalue weighted by Crippen LogP contribution is -2.27. The molecule has 0 aromatic carbocycles. The molecule has 220 valence electrons. The number of ether oxygens (including phenoxy) is 1. The Bertz CT molecular complexity index is 1180. The Labute approximate surface area is 244 Å². The van der Waals surface area contributed by atoms with Gasteiger partial charge in [-0.15, -0.1) is 11.8 Å². The number of aromatic nitrogens is 2. The van der Waals surface area contributed by atoms with Gasteiger partial charge in [0, 0.05) is 30.1 Å². The molecule has 1 heterocycles. The molecule has 0 atom stereocenters. The maximum Gasteiger partial charge on any atom is 0.319 e. The third-order valence-electron chi connectivity index (χ3n) is 6.94. The van der Waals surface area contributed by atoms with Crippen molar-refractivity contribution in [3.63, 3.8) is 0 Å². The number of imidazole rings is 1. The molecule has 0 fully saturated rings. The topological polar surface area (TPSA) is 93.4 Å². The zero-order valence-electron chi connectivity index (χ0n) is 25.3. The molecule has 2 N–H and O–H groups in total. The van der Waals surface area contributed by atoms with E-state index in [9.17, 15) is 14.7 Å². The molecule has 0 spiro atoms. The molecule has 1 aromatic heterocycles. The molecule has 0 unspecified atom stereocenters. The van der Waals surface area contributed by atoms with Gasteiger partial charge in [0.25, 0.3) is 5.91 Å². The van der Waals surface area contributed by atoms with Crippen LogP contribution in [0.15, 0.2) is 53.5 Å². The van der Waals surface area contributed by atoms with Gasteiger partial charge in [-0.05, 0) is 76.7 Å². The van der Waals surface area contributed by atoms with E-state index in [4.69, 9.17) is 9.72 Å². The summed E-state index contributed by atoms with van der Waals surface area (Å²) in [6, 6.07) is 0. The van der Waals surface area contributed by atoms with Crippen molar-refractivity contribution in [3.8, 4) is 0 Å². The lowest BCUT2D eigenvalue weighted by atomic mass is 10.1. The van der Waals surface area contributed by atoms with Crippen LogP contribution in [0.3, 0.4) is 0 Å². The zero-order chi connectivity index (χ0) is 29.7. The Morgan fingerprint density at radius 3 is 2.60 bits per heavy atom. The molecule has 0 saturated carbocycles. The van der Waals surface area contributed by atoms with Crippen molar-refractivity contribution in [2.75, 3.05) is 12.9 Å². The minimum Gasteiger partial charge on any atom is -0.501 e. The summed E-state index contributed by atoms with van der Waals surface area (Å²) in [4.78, 5) is 29.7. The summed E-state index contributed by atoms with van der Waals surface area (Å²) in [6.45, 7) is 12.5. The number of hydrogen-bond donors (Lipinski definition) is 2. The van der Waals surface area contributed by atoms with E-state index >= 15 is 0 Å². The highest BCUT2D eigenvalue weighted by atomic mass is 32.2. The molecule has 2 rings (SSSR count). The molecule has 0 radical (unpaired) electrons. The van der Waals surface area contributed by atoms with Crippen molar-refractivity contribution < 1.29 is 19.4 Å². The van der Waals surface area contributed by atoms with E-state index in [1.54, 1.807) is 21.0 Å². The van der Waals surface area contributed by atoms with Crippen LogP contribution in [0.1, 0.15) is 102 Å². The second kappa shape index (κ2) is 16.3. The molecular weight excluding hydrogens is 522 g/mol. The molecule has 1 aliphatic rings. The molecule has 1 aromatic rings. The minimum atomic E-state index is -0.807. The van der Waals surface area contributed by atoms with Gasteiger partial charge in [0.2, 0.25) is 0 Å². The Morgan fingerprint density at radius 1 is 1.20 bits per heavy atom. The van der Waals surface area contributed by atoms with Crippen molar-refractivity contribution in [1.82, 2.24) is 14.9 Å². The second-order valence-electron chi connectivity index (χ2n) is 10.5. The van der Waals surface area contributed by atoms with Gasteiger partial charge >= 0.3 is 5.97 Å². The smallest absolute Gasteiger partial charge is 0.319 e. The van der Waals surface area contributed by atoms with Gasteiger partial charge in [-0.3, -0.25) is 9.59 Å². The molecule has 7 nitrogen and oxygen atoms in total. The molecule has 0 aliphatic heterocycles. The first-order chi connectivity index (χ1) is 19.0. The number of aliphatic carboxylic acids is 1. The van der Waals surface area contributed by atoms with Crippen LogP contribution < -0.4 is 5.32 Å². The number of amides is 1. The van der Waals surface area contributed by atoms with E-state index in [2.05, 4.69) is 35.9 Å². The highest BCUT2D eigenvalue weighted by Gasteiger charge is 2.26. The van der Waals surface area contributed by atoms with Crippen LogP contribution in [0.2, 0.25) is 0 Å². The number of unbranched alkanes of at least 4 members (excludes halogenated alkanes) is 2. The van der Waals surface area contributed by atoms with E-state index in [1.807, 2.05) is 38.2 Å². The molecule has 0 saturated heterocycles. The van der Waals surface area contributed by atoms with Crippen LogP contribution in [0.4, 0.5) is 0 Å². The number of carboxylic acids is 1. The fourth-order valence-corrected chi connectivity index (χ4v) is 5.07. The second-order valence-corrected chi connectivity index (χ2v) is 12.1. The number of thioether (sulfide) groups is 1. The maximum atomic E-state index is 13.5. The molecular formula is C32H47N3O4S. The maximum absolute atomic E-state index is 13.5. The number of hydrogen-bond acceptors (Lipinski definition) is 5. The lowest BCUT2D eigenvalue weighted by Gasteiger charge is -2.16. The van der Waals surface area contributed by atoms with Crippen molar-refractivity contribution in [2.24, 2.45) is 0 Å². The molecule has 0 bridgehead atoms. The summed E-state index contributed by atoms with van der Waals surface area (Å²) in [6.07, 6.45) is 18.6. The van der Waals surface area contributed by atoms with Gasteiger partial charge in [0.15, 0.2) is 0 Å². The summed E-state index contributed by atoms with van der Waals surface area (Å²) in [5, 5.41) is 12.4. The Morgan fingerprint density at radius 2 is 1.95 bits per heavy atom. The zero-order valence-corrected chi connectivity index (χ0v) is 26.1. The number of rotatable bonds is 16. The average molecular weight is 570 g/mol. The number of carboxylic acid groups (broad SMARTS) is 1. The first-order valence-electron chi connectivity index (χ1n) is 14.3. The standard InChI is InChI=1S/C32H47N3O4S/c1-8-10-13-21-35-24(4)28(30(36)33-27-20-19-26(39-7)18-17-23(27)3)34-29(35)25(15-9-2)16-12-11-14-22-40-32(5,6)31(37)38/h11,14-15,17,19-20H,8-10,12-13,16,18,21-22H2,1-7H3,(H,33,36)(H,37,38)/b14-11-,25-15+. The van der Waals surface area contributed by atoms with E-state index in [0.717, 1.165) is 79.2 Å². The number of methoxy groups -OCH3 is 1. The fraction of sp³-hybridized carbons (Fsp3) is 0.531.